The van der Waals surface area contributed by atoms with Crippen molar-refractivity contribution in [3.63, 3.8) is 0 Å². The summed E-state index contributed by atoms with van der Waals surface area (Å²) in [4.78, 5) is 15.6. The van der Waals surface area contributed by atoms with E-state index in [1.54, 1.807) is 48.8 Å². The number of nitrogens with one attached hydrogen (secondary N) is 2. The Kier molecular flexibility index (Phi) is 6.72. The van der Waals surface area contributed by atoms with Crippen LogP contribution in [0.1, 0.15) is 18.4 Å². The predicted molar refractivity (Wildman–Crippen MR) is 94.2 cm³/mol. The molecule has 0 aliphatic heterocycles. The highest BCUT2D eigenvalue weighted by molar-refractivity contribution is 7.88. The van der Waals surface area contributed by atoms with Gasteiger partial charge in [-0.15, -0.1) is 0 Å². The zero-order chi connectivity index (χ0) is 17.4. The number of carbonyl (C=O) groups is 1. The summed E-state index contributed by atoms with van der Waals surface area (Å²) in [6.45, 7) is 0.205. The third-order valence-electron chi connectivity index (χ3n) is 3.12. The molecule has 0 atom stereocenters. The first-order valence-electron chi connectivity index (χ1n) is 7.36. The standard InChI is InChI=1S/C16H18ClN3O3S/c17-14-7-5-13(6-8-14)12-24(22,23)19-10-2-4-16(21)20-15-3-1-9-18-11-15/h1,3,5-9,11,19H,2,4,10,12H2,(H,20,21). The van der Waals surface area contributed by atoms with E-state index in [0.717, 1.165) is 0 Å². The van der Waals surface area contributed by atoms with Crippen LogP contribution in [0.15, 0.2) is 48.8 Å². The summed E-state index contributed by atoms with van der Waals surface area (Å²) in [6.07, 6.45) is 3.79. The van der Waals surface area contributed by atoms with Crippen LogP contribution in [0, 0.1) is 0 Å². The Bertz CT molecular complexity index is 765. The monoisotopic (exact) mass is 367 g/mol. The lowest BCUT2D eigenvalue weighted by molar-refractivity contribution is -0.116. The van der Waals surface area contributed by atoms with Crippen molar-refractivity contribution < 1.29 is 13.2 Å². The van der Waals surface area contributed by atoms with Crippen LogP contribution in [0.25, 0.3) is 0 Å². The molecule has 1 aromatic heterocycles. The number of aromatic nitrogens is 1. The molecule has 0 radical (unpaired) electrons. The van der Waals surface area contributed by atoms with Crippen LogP contribution in [0.5, 0.6) is 0 Å². The van der Waals surface area contributed by atoms with E-state index in [-0.39, 0.29) is 24.6 Å². The van der Waals surface area contributed by atoms with Crippen LogP contribution in [-0.2, 0) is 20.6 Å². The predicted octanol–water partition coefficient (Wildman–Crippen LogP) is 2.57. The molecular weight excluding hydrogens is 350 g/mol. The zero-order valence-corrected chi connectivity index (χ0v) is 14.5. The van der Waals surface area contributed by atoms with E-state index in [2.05, 4.69) is 15.0 Å². The molecule has 2 aromatic rings. The van der Waals surface area contributed by atoms with E-state index >= 15 is 0 Å². The van der Waals surface area contributed by atoms with Gasteiger partial charge in [-0.05, 0) is 36.2 Å². The summed E-state index contributed by atoms with van der Waals surface area (Å²) in [6, 6.07) is 10.1. The molecule has 1 heterocycles. The summed E-state index contributed by atoms with van der Waals surface area (Å²) >= 11 is 5.77. The molecule has 0 bridgehead atoms. The Labute approximate surface area is 146 Å². The number of carbonyl (C=O) groups excluding carboxylic acids is 1. The first kappa shape index (κ1) is 18.4. The Morgan fingerprint density at radius 1 is 1.17 bits per heavy atom. The van der Waals surface area contributed by atoms with Crippen LogP contribution in [0.3, 0.4) is 0 Å². The topological polar surface area (TPSA) is 88.2 Å². The Balaban J connectivity index is 1.71. The number of hydrogen-bond donors (Lipinski definition) is 2. The van der Waals surface area contributed by atoms with Crippen molar-refractivity contribution in [2.24, 2.45) is 0 Å². The van der Waals surface area contributed by atoms with E-state index in [0.29, 0.717) is 22.7 Å². The van der Waals surface area contributed by atoms with Crippen LogP contribution in [-0.4, -0.2) is 25.9 Å². The van der Waals surface area contributed by atoms with Crippen molar-refractivity contribution >= 4 is 33.2 Å². The molecular formula is C16H18ClN3O3S. The SMILES string of the molecule is O=C(CCCNS(=O)(=O)Cc1ccc(Cl)cc1)Nc1cccnc1. The highest BCUT2D eigenvalue weighted by Crippen LogP contribution is 2.11. The Hall–Kier alpha value is -1.96. The summed E-state index contributed by atoms with van der Waals surface area (Å²) in [7, 11) is -3.44. The van der Waals surface area contributed by atoms with Gasteiger partial charge in [-0.2, -0.15) is 0 Å². The van der Waals surface area contributed by atoms with E-state index in [1.807, 2.05) is 0 Å². The van der Waals surface area contributed by atoms with Gasteiger partial charge in [0.25, 0.3) is 0 Å². The highest BCUT2D eigenvalue weighted by Gasteiger charge is 2.11. The molecule has 2 rings (SSSR count). The molecule has 1 aromatic carbocycles. The maximum atomic E-state index is 12.0. The molecule has 0 spiro atoms. The lowest BCUT2D eigenvalue weighted by Crippen LogP contribution is -2.27. The molecule has 0 saturated carbocycles. The smallest absolute Gasteiger partial charge is 0.224 e. The first-order chi connectivity index (χ1) is 11.4. The third kappa shape index (κ3) is 6.66. The lowest BCUT2D eigenvalue weighted by atomic mass is 10.2. The van der Waals surface area contributed by atoms with Crippen molar-refractivity contribution in [3.8, 4) is 0 Å². The minimum absolute atomic E-state index is 0.119. The van der Waals surface area contributed by atoms with Gasteiger partial charge in [-0.3, -0.25) is 9.78 Å². The van der Waals surface area contributed by atoms with E-state index in [4.69, 9.17) is 11.6 Å². The van der Waals surface area contributed by atoms with Gasteiger partial charge in [0, 0.05) is 24.2 Å². The molecule has 8 heteroatoms. The van der Waals surface area contributed by atoms with Gasteiger partial charge in [0.1, 0.15) is 0 Å². The fourth-order valence-corrected chi connectivity index (χ4v) is 3.30. The number of anilines is 1. The fourth-order valence-electron chi connectivity index (χ4n) is 1.99. The second kappa shape index (κ2) is 8.77. The lowest BCUT2D eigenvalue weighted by Gasteiger charge is -2.07. The maximum Gasteiger partial charge on any atom is 0.224 e. The van der Waals surface area contributed by atoms with Crippen molar-refractivity contribution in [3.05, 3.63) is 59.4 Å². The summed E-state index contributed by atoms with van der Waals surface area (Å²) in [5.74, 6) is -0.300. The highest BCUT2D eigenvalue weighted by atomic mass is 35.5. The molecule has 0 saturated heterocycles. The number of halogens is 1. The summed E-state index contributed by atoms with van der Waals surface area (Å²) in [5, 5.41) is 3.25. The van der Waals surface area contributed by atoms with Gasteiger partial charge < -0.3 is 5.32 Å². The molecule has 6 nitrogen and oxygen atoms in total. The summed E-state index contributed by atoms with van der Waals surface area (Å²) < 4.78 is 26.4. The Morgan fingerprint density at radius 2 is 1.92 bits per heavy atom. The van der Waals surface area contributed by atoms with Crippen LogP contribution in [0.4, 0.5) is 5.69 Å². The molecule has 24 heavy (non-hydrogen) atoms. The van der Waals surface area contributed by atoms with E-state index in [1.165, 1.54) is 0 Å². The van der Waals surface area contributed by atoms with Crippen LogP contribution < -0.4 is 10.0 Å². The number of pyridine rings is 1. The number of sulfonamides is 1. The van der Waals surface area contributed by atoms with Gasteiger partial charge in [0.2, 0.25) is 15.9 Å². The second-order valence-corrected chi connectivity index (χ2v) is 7.42. The number of benzene rings is 1. The van der Waals surface area contributed by atoms with Gasteiger partial charge >= 0.3 is 0 Å². The van der Waals surface area contributed by atoms with Crippen LogP contribution in [0.2, 0.25) is 5.02 Å². The molecule has 1 amide bonds. The van der Waals surface area contributed by atoms with Crippen LogP contribution >= 0.6 is 11.6 Å². The molecule has 128 valence electrons. The van der Waals surface area contributed by atoms with Gasteiger partial charge in [0.15, 0.2) is 0 Å². The van der Waals surface area contributed by atoms with Crippen molar-refractivity contribution in [1.29, 1.82) is 0 Å². The zero-order valence-electron chi connectivity index (χ0n) is 12.9. The fraction of sp³-hybridized carbons (Fsp3) is 0.250. The minimum Gasteiger partial charge on any atom is -0.325 e. The third-order valence-corrected chi connectivity index (χ3v) is 4.73. The average molecular weight is 368 g/mol. The second-order valence-electron chi connectivity index (χ2n) is 5.17. The molecule has 0 unspecified atom stereocenters. The molecule has 0 aliphatic carbocycles. The molecule has 2 N–H and O–H groups in total. The maximum absolute atomic E-state index is 12.0. The number of amides is 1. The normalized spacial score (nSPS) is 11.2. The quantitative estimate of drug-likeness (QED) is 0.702. The summed E-state index contributed by atoms with van der Waals surface area (Å²) in [5.41, 5.74) is 1.27. The molecule has 0 aliphatic rings. The number of hydrogen-bond acceptors (Lipinski definition) is 4. The van der Waals surface area contributed by atoms with Gasteiger partial charge in [0.05, 0.1) is 17.6 Å². The largest absolute Gasteiger partial charge is 0.325 e. The number of rotatable bonds is 8. The van der Waals surface area contributed by atoms with Crippen molar-refractivity contribution in [1.82, 2.24) is 9.71 Å². The van der Waals surface area contributed by atoms with Crippen molar-refractivity contribution in [2.75, 3.05) is 11.9 Å². The Morgan fingerprint density at radius 3 is 2.58 bits per heavy atom. The molecule has 0 fully saturated rings. The van der Waals surface area contributed by atoms with Gasteiger partial charge in [-0.1, -0.05) is 23.7 Å². The van der Waals surface area contributed by atoms with Crippen molar-refractivity contribution in [2.45, 2.75) is 18.6 Å². The first-order valence-corrected chi connectivity index (χ1v) is 9.39. The average Bonchev–Trinajstić information content (AvgIpc) is 2.55. The van der Waals surface area contributed by atoms with Gasteiger partial charge in [-0.25, -0.2) is 13.1 Å². The van der Waals surface area contributed by atoms with E-state index < -0.39 is 10.0 Å². The minimum atomic E-state index is -3.44. The number of nitrogens with zero attached hydrogens (tertiary/aromatic N) is 1. The van der Waals surface area contributed by atoms with E-state index in [9.17, 15) is 13.2 Å².